The van der Waals surface area contributed by atoms with E-state index in [0.29, 0.717) is 0 Å². The molecule has 2 N–H and O–H groups in total. The Kier molecular flexibility index (Phi) is 4.87. The molecule has 4 unspecified atom stereocenters. The van der Waals surface area contributed by atoms with E-state index in [1.54, 1.807) is 0 Å². The predicted octanol–water partition coefficient (Wildman–Crippen LogP) is 2.87. The van der Waals surface area contributed by atoms with Crippen LogP contribution in [0.15, 0.2) is 0 Å². The molecule has 1 saturated heterocycles. The van der Waals surface area contributed by atoms with E-state index in [9.17, 15) is 0 Å². The van der Waals surface area contributed by atoms with Gasteiger partial charge in [-0.25, -0.2) is 0 Å². The second-order valence-electron chi connectivity index (χ2n) is 6.44. The van der Waals surface area contributed by atoms with E-state index in [1.807, 2.05) is 0 Å². The summed E-state index contributed by atoms with van der Waals surface area (Å²) in [5, 5.41) is 0. The van der Waals surface area contributed by atoms with Crippen molar-refractivity contribution in [2.24, 2.45) is 23.5 Å². The van der Waals surface area contributed by atoms with E-state index in [1.165, 1.54) is 51.6 Å². The summed E-state index contributed by atoms with van der Waals surface area (Å²) in [6.07, 6.45) is 8.38. The third kappa shape index (κ3) is 3.23. The van der Waals surface area contributed by atoms with Crippen molar-refractivity contribution in [2.75, 3.05) is 19.6 Å². The third-order valence-electron chi connectivity index (χ3n) is 5.26. The highest BCUT2D eigenvalue weighted by molar-refractivity contribution is 4.86. The first-order valence-corrected chi connectivity index (χ1v) is 7.66. The molecule has 1 aliphatic heterocycles. The lowest BCUT2D eigenvalue weighted by Gasteiger charge is -2.42. The standard InChI is InChI=1S/C15H30N2/c1-12-8-9-17(11-13(12)2)15-7-5-3-4-6-14(15)10-16/h12-15H,3-11,16H2,1-2H3. The summed E-state index contributed by atoms with van der Waals surface area (Å²) in [6, 6.07) is 0.789. The fourth-order valence-corrected chi connectivity index (χ4v) is 3.72. The Labute approximate surface area is 107 Å². The monoisotopic (exact) mass is 238 g/mol. The number of nitrogens with zero attached hydrogens (tertiary/aromatic N) is 1. The molecule has 0 aromatic rings. The van der Waals surface area contributed by atoms with Crippen LogP contribution in [-0.2, 0) is 0 Å². The summed E-state index contributed by atoms with van der Waals surface area (Å²) in [5.41, 5.74) is 6.01. The number of rotatable bonds is 2. The Balaban J connectivity index is 1.98. The Bertz CT molecular complexity index is 229. The Hall–Kier alpha value is -0.0800. The molecule has 1 saturated carbocycles. The van der Waals surface area contributed by atoms with E-state index in [4.69, 9.17) is 5.73 Å². The molecule has 0 radical (unpaired) electrons. The Morgan fingerprint density at radius 2 is 1.76 bits per heavy atom. The van der Waals surface area contributed by atoms with E-state index >= 15 is 0 Å². The second-order valence-corrected chi connectivity index (χ2v) is 6.44. The molecule has 2 heteroatoms. The highest BCUT2D eigenvalue weighted by atomic mass is 15.2. The van der Waals surface area contributed by atoms with Crippen LogP contribution in [0.5, 0.6) is 0 Å². The van der Waals surface area contributed by atoms with E-state index in [-0.39, 0.29) is 0 Å². The molecule has 17 heavy (non-hydrogen) atoms. The van der Waals surface area contributed by atoms with Crippen LogP contribution in [0.2, 0.25) is 0 Å². The molecule has 1 heterocycles. The minimum absolute atomic E-state index is 0.762. The summed E-state index contributed by atoms with van der Waals surface area (Å²) in [7, 11) is 0. The van der Waals surface area contributed by atoms with Crippen LogP contribution < -0.4 is 5.73 Å². The molecule has 1 aliphatic carbocycles. The third-order valence-corrected chi connectivity index (χ3v) is 5.26. The molecule has 2 fully saturated rings. The summed E-state index contributed by atoms with van der Waals surface area (Å²) in [6.45, 7) is 8.35. The van der Waals surface area contributed by atoms with Gasteiger partial charge in [0.05, 0.1) is 0 Å². The molecule has 2 rings (SSSR count). The molecule has 2 aliphatic rings. The summed E-state index contributed by atoms with van der Waals surface area (Å²) < 4.78 is 0. The van der Waals surface area contributed by atoms with Crippen LogP contribution >= 0.6 is 0 Å². The van der Waals surface area contributed by atoms with Crippen LogP contribution in [0.25, 0.3) is 0 Å². The molecule has 4 atom stereocenters. The summed E-state index contributed by atoms with van der Waals surface area (Å²) in [4.78, 5) is 2.77. The van der Waals surface area contributed by atoms with Crippen LogP contribution in [-0.4, -0.2) is 30.6 Å². The summed E-state index contributed by atoms with van der Waals surface area (Å²) in [5.74, 6) is 2.54. The van der Waals surface area contributed by atoms with Gasteiger partial charge in [0.1, 0.15) is 0 Å². The van der Waals surface area contributed by atoms with Crippen molar-refractivity contribution >= 4 is 0 Å². The van der Waals surface area contributed by atoms with Gasteiger partial charge in [-0.3, -0.25) is 4.90 Å². The topological polar surface area (TPSA) is 29.3 Å². The molecule has 0 bridgehead atoms. The van der Waals surface area contributed by atoms with E-state index in [2.05, 4.69) is 18.7 Å². The fraction of sp³-hybridized carbons (Fsp3) is 1.00. The van der Waals surface area contributed by atoms with E-state index < -0.39 is 0 Å². The Morgan fingerprint density at radius 1 is 1.00 bits per heavy atom. The quantitative estimate of drug-likeness (QED) is 0.750. The van der Waals surface area contributed by atoms with Crippen molar-refractivity contribution in [3.63, 3.8) is 0 Å². The van der Waals surface area contributed by atoms with Crippen molar-refractivity contribution in [1.82, 2.24) is 4.90 Å². The van der Waals surface area contributed by atoms with Crippen LogP contribution in [0.4, 0.5) is 0 Å². The normalized spacial score (nSPS) is 41.1. The van der Waals surface area contributed by atoms with Gasteiger partial charge in [-0.1, -0.05) is 33.1 Å². The minimum Gasteiger partial charge on any atom is -0.330 e. The van der Waals surface area contributed by atoms with Gasteiger partial charge in [-0.05, 0) is 50.1 Å². The highest BCUT2D eigenvalue weighted by Gasteiger charge is 2.32. The van der Waals surface area contributed by atoms with Gasteiger partial charge < -0.3 is 5.73 Å². The molecule has 2 nitrogen and oxygen atoms in total. The maximum absolute atomic E-state index is 6.01. The smallest absolute Gasteiger partial charge is 0.0136 e. The van der Waals surface area contributed by atoms with Crippen LogP contribution in [0.1, 0.15) is 52.4 Å². The number of hydrogen-bond acceptors (Lipinski definition) is 2. The first-order valence-electron chi connectivity index (χ1n) is 7.66. The van der Waals surface area contributed by atoms with Gasteiger partial charge in [-0.2, -0.15) is 0 Å². The SMILES string of the molecule is CC1CCN(C2CCCCCC2CN)CC1C. The zero-order valence-corrected chi connectivity index (χ0v) is 11.7. The van der Waals surface area contributed by atoms with Gasteiger partial charge in [0.2, 0.25) is 0 Å². The van der Waals surface area contributed by atoms with Crippen molar-refractivity contribution in [1.29, 1.82) is 0 Å². The largest absolute Gasteiger partial charge is 0.330 e. The second kappa shape index (κ2) is 6.19. The van der Waals surface area contributed by atoms with Gasteiger partial charge in [0.25, 0.3) is 0 Å². The van der Waals surface area contributed by atoms with Gasteiger partial charge in [-0.15, -0.1) is 0 Å². The molecular weight excluding hydrogens is 208 g/mol. The molecule has 0 spiro atoms. The highest BCUT2D eigenvalue weighted by Crippen LogP contribution is 2.31. The zero-order valence-electron chi connectivity index (χ0n) is 11.7. The van der Waals surface area contributed by atoms with Gasteiger partial charge >= 0.3 is 0 Å². The lowest BCUT2D eigenvalue weighted by molar-refractivity contribution is 0.0637. The zero-order chi connectivity index (χ0) is 12.3. The average Bonchev–Trinajstić information content (AvgIpc) is 2.57. The van der Waals surface area contributed by atoms with Crippen molar-refractivity contribution < 1.29 is 0 Å². The first kappa shape index (κ1) is 13.4. The van der Waals surface area contributed by atoms with Gasteiger partial charge in [0.15, 0.2) is 0 Å². The first-order chi connectivity index (χ1) is 8.22. The summed E-state index contributed by atoms with van der Waals surface area (Å²) >= 11 is 0. The lowest BCUT2D eigenvalue weighted by Crippen LogP contribution is -2.48. The lowest BCUT2D eigenvalue weighted by atomic mass is 9.85. The van der Waals surface area contributed by atoms with Crippen molar-refractivity contribution in [2.45, 2.75) is 58.4 Å². The molecule has 0 amide bonds. The van der Waals surface area contributed by atoms with Crippen molar-refractivity contribution in [3.8, 4) is 0 Å². The fourth-order valence-electron chi connectivity index (χ4n) is 3.72. The number of likely N-dealkylation sites (tertiary alicyclic amines) is 1. The number of nitrogens with two attached hydrogens (primary N) is 1. The van der Waals surface area contributed by atoms with Crippen LogP contribution in [0, 0.1) is 17.8 Å². The van der Waals surface area contributed by atoms with Crippen LogP contribution in [0.3, 0.4) is 0 Å². The maximum atomic E-state index is 6.01. The maximum Gasteiger partial charge on any atom is 0.0136 e. The Morgan fingerprint density at radius 3 is 2.47 bits per heavy atom. The predicted molar refractivity (Wildman–Crippen MR) is 73.9 cm³/mol. The van der Waals surface area contributed by atoms with E-state index in [0.717, 1.165) is 30.3 Å². The van der Waals surface area contributed by atoms with Crippen molar-refractivity contribution in [3.05, 3.63) is 0 Å². The number of piperidine rings is 1. The molecule has 0 aromatic carbocycles. The molecule has 0 aromatic heterocycles. The van der Waals surface area contributed by atoms with Gasteiger partial charge in [0, 0.05) is 12.6 Å². The minimum atomic E-state index is 0.762. The molecular formula is C15H30N2. The number of hydrogen-bond donors (Lipinski definition) is 1. The average molecular weight is 238 g/mol. The molecule has 100 valence electrons.